The number of hydrogen-bond donors (Lipinski definition) is 1. The number of amides is 1. The smallest absolute Gasteiger partial charge is 0.410 e. The summed E-state index contributed by atoms with van der Waals surface area (Å²) in [4.78, 5) is 22.9. The van der Waals surface area contributed by atoms with Crippen LogP contribution in [0.15, 0.2) is 4.99 Å². The molecule has 2 N–H and O–H groups in total. The van der Waals surface area contributed by atoms with E-state index in [1.807, 2.05) is 20.8 Å². The highest BCUT2D eigenvalue weighted by Gasteiger charge is 2.27. The van der Waals surface area contributed by atoms with Gasteiger partial charge < -0.3 is 25.2 Å². The fraction of sp³-hybridized carbons (Fsp3) is 0.882. The Morgan fingerprint density at radius 1 is 1.17 bits per heavy atom. The van der Waals surface area contributed by atoms with Gasteiger partial charge in [0.15, 0.2) is 5.96 Å². The van der Waals surface area contributed by atoms with Gasteiger partial charge in [0, 0.05) is 39.3 Å². The Hall–Kier alpha value is -1.50. The first kappa shape index (κ1) is 18.8. The van der Waals surface area contributed by atoms with E-state index >= 15 is 0 Å². The van der Waals surface area contributed by atoms with Crippen molar-refractivity contribution < 1.29 is 9.53 Å². The first-order valence-electron chi connectivity index (χ1n) is 9.03. The summed E-state index contributed by atoms with van der Waals surface area (Å²) in [6.45, 7) is 14.7. The van der Waals surface area contributed by atoms with Crippen LogP contribution in [0.5, 0.6) is 0 Å². The molecule has 0 aromatic heterocycles. The lowest BCUT2D eigenvalue weighted by atomic mass is 10.1. The first-order chi connectivity index (χ1) is 11.3. The van der Waals surface area contributed by atoms with E-state index in [0.717, 1.165) is 19.6 Å². The van der Waals surface area contributed by atoms with Gasteiger partial charge in [0.2, 0.25) is 0 Å². The number of nitrogens with zero attached hydrogens (tertiary/aromatic N) is 4. The lowest BCUT2D eigenvalue weighted by Crippen LogP contribution is -2.53. The monoisotopic (exact) mass is 339 g/mol. The van der Waals surface area contributed by atoms with E-state index in [9.17, 15) is 4.79 Å². The molecular weight excluding hydrogens is 306 g/mol. The molecule has 2 heterocycles. The number of ether oxygens (including phenoxy) is 1. The lowest BCUT2D eigenvalue weighted by molar-refractivity contribution is 0.0186. The molecule has 7 heteroatoms. The zero-order chi connectivity index (χ0) is 17.7. The van der Waals surface area contributed by atoms with Crippen LogP contribution in [-0.4, -0.2) is 84.7 Å². The molecule has 0 spiro atoms. The molecule has 0 saturated carbocycles. The van der Waals surface area contributed by atoms with Gasteiger partial charge in [-0.25, -0.2) is 4.79 Å². The Kier molecular flexibility index (Phi) is 6.32. The molecule has 2 aliphatic heterocycles. The normalized spacial score (nSPS) is 23.7. The summed E-state index contributed by atoms with van der Waals surface area (Å²) in [6, 6.07) is 0. The molecule has 2 aliphatic rings. The van der Waals surface area contributed by atoms with Crippen LogP contribution in [0.4, 0.5) is 4.79 Å². The number of rotatable bonds is 3. The van der Waals surface area contributed by atoms with E-state index < -0.39 is 5.60 Å². The Labute approximate surface area is 145 Å². The van der Waals surface area contributed by atoms with Crippen molar-refractivity contribution in [1.82, 2.24) is 14.7 Å². The number of piperazine rings is 1. The Bertz CT molecular complexity index is 452. The fourth-order valence-electron chi connectivity index (χ4n) is 3.12. The van der Waals surface area contributed by atoms with Crippen molar-refractivity contribution in [2.75, 3.05) is 52.4 Å². The van der Waals surface area contributed by atoms with E-state index in [0.29, 0.717) is 38.1 Å². The van der Waals surface area contributed by atoms with E-state index in [4.69, 9.17) is 10.5 Å². The zero-order valence-electron chi connectivity index (χ0n) is 15.6. The maximum atomic E-state index is 12.1. The Balaban J connectivity index is 1.75. The molecule has 0 bridgehead atoms. The highest BCUT2D eigenvalue weighted by atomic mass is 16.6. The van der Waals surface area contributed by atoms with Crippen molar-refractivity contribution in [3.05, 3.63) is 0 Å². The molecule has 24 heavy (non-hydrogen) atoms. The highest BCUT2D eigenvalue weighted by molar-refractivity contribution is 5.78. The highest BCUT2D eigenvalue weighted by Crippen LogP contribution is 2.16. The third kappa shape index (κ3) is 5.54. The minimum Gasteiger partial charge on any atom is -0.444 e. The SMILES string of the molecule is CCN1CCC(CN=C(N)N2CCN(C(=O)OC(C)(C)C)CC2)C1. The average Bonchev–Trinajstić information content (AvgIpc) is 2.99. The van der Waals surface area contributed by atoms with Crippen LogP contribution in [0.1, 0.15) is 34.1 Å². The van der Waals surface area contributed by atoms with Crippen LogP contribution >= 0.6 is 0 Å². The van der Waals surface area contributed by atoms with Crippen molar-refractivity contribution in [1.29, 1.82) is 0 Å². The molecule has 1 atom stereocenters. The van der Waals surface area contributed by atoms with Gasteiger partial charge in [-0.1, -0.05) is 6.92 Å². The molecule has 2 saturated heterocycles. The number of nitrogens with two attached hydrogens (primary N) is 1. The Morgan fingerprint density at radius 2 is 1.79 bits per heavy atom. The molecule has 2 rings (SSSR count). The van der Waals surface area contributed by atoms with Gasteiger partial charge in [0.25, 0.3) is 0 Å². The molecule has 1 unspecified atom stereocenters. The molecule has 0 aromatic rings. The molecule has 1 amide bonds. The molecule has 0 radical (unpaired) electrons. The second-order valence-electron chi connectivity index (χ2n) is 7.70. The lowest BCUT2D eigenvalue weighted by Gasteiger charge is -2.36. The number of likely N-dealkylation sites (tertiary alicyclic amines) is 1. The second-order valence-corrected chi connectivity index (χ2v) is 7.70. The minimum atomic E-state index is -0.456. The molecule has 138 valence electrons. The number of carbonyl (C=O) groups excluding carboxylic acids is 1. The maximum Gasteiger partial charge on any atom is 0.410 e. The van der Waals surface area contributed by atoms with Gasteiger partial charge >= 0.3 is 6.09 Å². The number of hydrogen-bond acceptors (Lipinski definition) is 4. The van der Waals surface area contributed by atoms with Gasteiger partial charge in [0.05, 0.1) is 0 Å². The fourth-order valence-corrected chi connectivity index (χ4v) is 3.12. The summed E-state index contributed by atoms with van der Waals surface area (Å²) in [6.07, 6.45) is 0.958. The maximum absolute atomic E-state index is 12.1. The standard InChI is InChI=1S/C17H33N5O2/c1-5-20-7-6-14(13-20)12-19-15(18)21-8-10-22(11-9-21)16(23)24-17(2,3)4/h14H,5-13H2,1-4H3,(H2,18,19). The van der Waals surface area contributed by atoms with Crippen molar-refractivity contribution in [3.63, 3.8) is 0 Å². The summed E-state index contributed by atoms with van der Waals surface area (Å²) in [5.74, 6) is 1.22. The van der Waals surface area contributed by atoms with Crippen molar-refractivity contribution in [3.8, 4) is 0 Å². The molecular formula is C17H33N5O2. The quantitative estimate of drug-likeness (QED) is 0.618. The summed E-state index contributed by atoms with van der Waals surface area (Å²) in [5.41, 5.74) is 5.69. The van der Waals surface area contributed by atoms with Crippen LogP contribution in [-0.2, 0) is 4.74 Å². The Morgan fingerprint density at radius 3 is 2.33 bits per heavy atom. The largest absolute Gasteiger partial charge is 0.444 e. The zero-order valence-corrected chi connectivity index (χ0v) is 15.6. The summed E-state index contributed by atoms with van der Waals surface area (Å²) in [5, 5.41) is 0. The van der Waals surface area contributed by atoms with E-state index in [1.165, 1.54) is 13.0 Å². The molecule has 0 aliphatic carbocycles. The van der Waals surface area contributed by atoms with E-state index in [1.54, 1.807) is 4.90 Å². The molecule has 0 aromatic carbocycles. The topological polar surface area (TPSA) is 74.4 Å². The van der Waals surface area contributed by atoms with Crippen LogP contribution in [0.3, 0.4) is 0 Å². The van der Waals surface area contributed by atoms with Crippen molar-refractivity contribution in [2.24, 2.45) is 16.6 Å². The average molecular weight is 339 g/mol. The number of aliphatic imine (C=N–C) groups is 1. The van der Waals surface area contributed by atoms with E-state index in [-0.39, 0.29) is 6.09 Å². The summed E-state index contributed by atoms with van der Waals surface area (Å²) >= 11 is 0. The van der Waals surface area contributed by atoms with Crippen molar-refractivity contribution in [2.45, 2.75) is 39.7 Å². The number of carbonyl (C=O) groups is 1. The van der Waals surface area contributed by atoms with Gasteiger partial charge in [-0.3, -0.25) is 4.99 Å². The van der Waals surface area contributed by atoms with Gasteiger partial charge in [-0.15, -0.1) is 0 Å². The predicted molar refractivity (Wildman–Crippen MR) is 96.1 cm³/mol. The van der Waals surface area contributed by atoms with Crippen LogP contribution in [0.25, 0.3) is 0 Å². The van der Waals surface area contributed by atoms with Gasteiger partial charge in [-0.05, 0) is 46.2 Å². The predicted octanol–water partition coefficient (Wildman–Crippen LogP) is 1.20. The van der Waals surface area contributed by atoms with E-state index in [2.05, 4.69) is 21.7 Å². The molecule has 7 nitrogen and oxygen atoms in total. The van der Waals surface area contributed by atoms with Crippen LogP contribution < -0.4 is 5.73 Å². The number of guanidine groups is 1. The minimum absolute atomic E-state index is 0.247. The van der Waals surface area contributed by atoms with Gasteiger partial charge in [-0.2, -0.15) is 0 Å². The third-order valence-corrected chi connectivity index (χ3v) is 4.58. The van der Waals surface area contributed by atoms with Gasteiger partial charge in [0.1, 0.15) is 5.60 Å². The second kappa shape index (κ2) is 8.05. The molecule has 2 fully saturated rings. The first-order valence-corrected chi connectivity index (χ1v) is 9.03. The summed E-state index contributed by atoms with van der Waals surface area (Å²) < 4.78 is 5.41. The van der Waals surface area contributed by atoms with Crippen LogP contribution in [0, 0.1) is 5.92 Å². The van der Waals surface area contributed by atoms with Crippen molar-refractivity contribution >= 4 is 12.1 Å². The third-order valence-electron chi connectivity index (χ3n) is 4.58. The van der Waals surface area contributed by atoms with Crippen LogP contribution in [0.2, 0.25) is 0 Å². The summed E-state index contributed by atoms with van der Waals surface area (Å²) in [7, 11) is 0.